The second kappa shape index (κ2) is 6.11. The SMILES string of the molecule is Cc1ccc(OCCN2C(=O)c3ccc([N+](=O)[O-])cc3C2=O)cc1. The molecule has 0 unspecified atom stereocenters. The number of nitro groups is 1. The van der Waals surface area contributed by atoms with Crippen LogP contribution in [0.4, 0.5) is 5.69 Å². The van der Waals surface area contributed by atoms with Gasteiger partial charge in [0.2, 0.25) is 0 Å². The van der Waals surface area contributed by atoms with E-state index in [0.29, 0.717) is 5.75 Å². The summed E-state index contributed by atoms with van der Waals surface area (Å²) in [5.74, 6) is -0.351. The van der Waals surface area contributed by atoms with Gasteiger partial charge in [-0.3, -0.25) is 24.6 Å². The lowest BCUT2D eigenvalue weighted by Gasteiger charge is -2.14. The number of fused-ring (bicyclic) bond motifs is 1. The number of hydrogen-bond donors (Lipinski definition) is 0. The standard InChI is InChI=1S/C17H14N2O5/c1-11-2-5-13(6-3-11)24-9-8-18-16(20)14-7-4-12(19(22)23)10-15(14)17(18)21/h2-7,10H,8-9H2,1H3. The van der Waals surface area contributed by atoms with Crippen LogP contribution in [0.5, 0.6) is 5.75 Å². The molecule has 122 valence electrons. The largest absolute Gasteiger partial charge is 0.492 e. The Morgan fingerprint density at radius 1 is 1.04 bits per heavy atom. The average Bonchev–Trinajstić information content (AvgIpc) is 2.81. The monoisotopic (exact) mass is 326 g/mol. The Kier molecular flexibility index (Phi) is 3.99. The van der Waals surface area contributed by atoms with E-state index in [1.165, 1.54) is 12.1 Å². The summed E-state index contributed by atoms with van der Waals surface area (Å²) in [6.45, 7) is 2.19. The minimum atomic E-state index is -0.596. The highest BCUT2D eigenvalue weighted by Gasteiger charge is 2.36. The van der Waals surface area contributed by atoms with E-state index in [2.05, 4.69) is 0 Å². The Morgan fingerprint density at radius 3 is 2.38 bits per heavy atom. The first kappa shape index (κ1) is 15.7. The van der Waals surface area contributed by atoms with Gasteiger partial charge >= 0.3 is 0 Å². The molecule has 0 atom stereocenters. The molecule has 0 bridgehead atoms. The molecule has 7 nitrogen and oxygen atoms in total. The van der Waals surface area contributed by atoms with E-state index in [9.17, 15) is 19.7 Å². The molecule has 0 N–H and O–H groups in total. The fourth-order valence-corrected chi connectivity index (χ4v) is 2.48. The molecular weight excluding hydrogens is 312 g/mol. The fraction of sp³-hybridized carbons (Fsp3) is 0.176. The zero-order valence-corrected chi connectivity index (χ0v) is 12.9. The molecule has 2 aromatic rings. The van der Waals surface area contributed by atoms with Gasteiger partial charge in [-0.1, -0.05) is 17.7 Å². The van der Waals surface area contributed by atoms with Gasteiger partial charge in [0.25, 0.3) is 17.5 Å². The van der Waals surface area contributed by atoms with Gasteiger partial charge in [0.1, 0.15) is 12.4 Å². The van der Waals surface area contributed by atoms with Crippen LogP contribution in [0.2, 0.25) is 0 Å². The number of amides is 2. The molecule has 1 aliphatic rings. The molecule has 0 saturated carbocycles. The van der Waals surface area contributed by atoms with E-state index in [1.807, 2.05) is 19.1 Å². The summed E-state index contributed by atoms with van der Waals surface area (Å²) in [7, 11) is 0. The Morgan fingerprint density at radius 2 is 1.71 bits per heavy atom. The highest BCUT2D eigenvalue weighted by atomic mass is 16.6. The van der Waals surface area contributed by atoms with Crippen LogP contribution >= 0.6 is 0 Å². The number of aryl methyl sites for hydroxylation is 1. The number of imide groups is 1. The van der Waals surface area contributed by atoms with Crippen LogP contribution in [-0.4, -0.2) is 34.8 Å². The highest BCUT2D eigenvalue weighted by Crippen LogP contribution is 2.26. The van der Waals surface area contributed by atoms with Crippen LogP contribution < -0.4 is 4.74 Å². The second-order valence-corrected chi connectivity index (χ2v) is 5.41. The Labute approximate surface area is 137 Å². The van der Waals surface area contributed by atoms with Crippen molar-refractivity contribution in [1.82, 2.24) is 4.90 Å². The molecule has 24 heavy (non-hydrogen) atoms. The Balaban J connectivity index is 1.69. The third kappa shape index (κ3) is 2.83. The van der Waals surface area contributed by atoms with Crippen molar-refractivity contribution >= 4 is 17.5 Å². The van der Waals surface area contributed by atoms with E-state index in [0.717, 1.165) is 16.5 Å². The van der Waals surface area contributed by atoms with Crippen molar-refractivity contribution in [2.75, 3.05) is 13.2 Å². The molecule has 0 spiro atoms. The molecule has 1 aliphatic heterocycles. The first-order valence-corrected chi connectivity index (χ1v) is 7.31. The van der Waals surface area contributed by atoms with Gasteiger partial charge < -0.3 is 4.74 Å². The Hall–Kier alpha value is -3.22. The third-order valence-corrected chi connectivity index (χ3v) is 3.77. The van der Waals surface area contributed by atoms with Crippen molar-refractivity contribution in [2.45, 2.75) is 6.92 Å². The van der Waals surface area contributed by atoms with Gasteiger partial charge in [-0.25, -0.2) is 0 Å². The highest BCUT2D eigenvalue weighted by molar-refractivity contribution is 6.21. The summed E-state index contributed by atoms with van der Waals surface area (Å²) in [6, 6.07) is 11.1. The number of non-ortho nitro benzene ring substituents is 1. The minimum absolute atomic E-state index is 0.0598. The van der Waals surface area contributed by atoms with Crippen molar-refractivity contribution in [3.8, 4) is 5.75 Å². The molecular formula is C17H14N2O5. The lowest BCUT2D eigenvalue weighted by atomic mass is 10.1. The van der Waals surface area contributed by atoms with E-state index >= 15 is 0 Å². The molecule has 2 aromatic carbocycles. The number of nitrogens with zero attached hydrogens (tertiary/aromatic N) is 2. The van der Waals surface area contributed by atoms with Crippen LogP contribution in [-0.2, 0) is 0 Å². The first-order valence-electron chi connectivity index (χ1n) is 7.31. The lowest BCUT2D eigenvalue weighted by Crippen LogP contribution is -2.33. The summed E-state index contributed by atoms with van der Waals surface area (Å²) in [4.78, 5) is 35.8. The van der Waals surface area contributed by atoms with E-state index in [-0.39, 0.29) is 30.0 Å². The molecule has 3 rings (SSSR count). The summed E-state index contributed by atoms with van der Waals surface area (Å²) >= 11 is 0. The van der Waals surface area contributed by atoms with Crippen molar-refractivity contribution in [1.29, 1.82) is 0 Å². The molecule has 2 amide bonds. The van der Waals surface area contributed by atoms with Crippen LogP contribution in [0.1, 0.15) is 26.3 Å². The van der Waals surface area contributed by atoms with E-state index in [4.69, 9.17) is 4.74 Å². The van der Waals surface area contributed by atoms with Crippen molar-refractivity contribution in [2.24, 2.45) is 0 Å². The van der Waals surface area contributed by atoms with Crippen molar-refractivity contribution in [3.05, 3.63) is 69.3 Å². The van der Waals surface area contributed by atoms with Gasteiger partial charge in [-0.2, -0.15) is 0 Å². The predicted molar refractivity (Wildman–Crippen MR) is 85.1 cm³/mol. The molecule has 0 aliphatic carbocycles. The van der Waals surface area contributed by atoms with Gasteiger partial charge in [0.15, 0.2) is 0 Å². The maximum atomic E-state index is 12.3. The Bertz CT molecular complexity index is 829. The molecule has 1 heterocycles. The van der Waals surface area contributed by atoms with E-state index < -0.39 is 16.7 Å². The fourth-order valence-electron chi connectivity index (χ4n) is 2.48. The summed E-state index contributed by atoms with van der Waals surface area (Å²) < 4.78 is 5.53. The topological polar surface area (TPSA) is 89.8 Å². The van der Waals surface area contributed by atoms with E-state index in [1.54, 1.807) is 12.1 Å². The summed E-state index contributed by atoms with van der Waals surface area (Å²) in [5.41, 5.74) is 1.13. The smallest absolute Gasteiger partial charge is 0.270 e. The van der Waals surface area contributed by atoms with Crippen LogP contribution in [0.15, 0.2) is 42.5 Å². The average molecular weight is 326 g/mol. The number of hydrogen-bond acceptors (Lipinski definition) is 5. The van der Waals surface area contributed by atoms with Crippen LogP contribution in [0.3, 0.4) is 0 Å². The zero-order valence-electron chi connectivity index (χ0n) is 12.9. The quantitative estimate of drug-likeness (QED) is 0.478. The first-order chi connectivity index (χ1) is 11.5. The van der Waals surface area contributed by atoms with Crippen molar-refractivity contribution in [3.63, 3.8) is 0 Å². The normalized spacial score (nSPS) is 13.1. The summed E-state index contributed by atoms with van der Waals surface area (Å²) in [5, 5.41) is 10.8. The lowest BCUT2D eigenvalue weighted by molar-refractivity contribution is -0.384. The summed E-state index contributed by atoms with van der Waals surface area (Å²) in [6.07, 6.45) is 0. The zero-order chi connectivity index (χ0) is 17.3. The molecule has 0 saturated heterocycles. The number of carbonyl (C=O) groups excluding carboxylic acids is 2. The number of nitro benzene ring substituents is 1. The maximum Gasteiger partial charge on any atom is 0.270 e. The number of rotatable bonds is 5. The van der Waals surface area contributed by atoms with Gasteiger partial charge in [0.05, 0.1) is 22.6 Å². The number of benzene rings is 2. The third-order valence-electron chi connectivity index (χ3n) is 3.77. The predicted octanol–water partition coefficient (Wildman–Crippen LogP) is 2.58. The van der Waals surface area contributed by atoms with Gasteiger partial charge in [0, 0.05) is 12.1 Å². The van der Waals surface area contributed by atoms with Crippen molar-refractivity contribution < 1.29 is 19.2 Å². The maximum absolute atomic E-state index is 12.3. The second-order valence-electron chi connectivity index (χ2n) is 5.41. The van der Waals surface area contributed by atoms with Crippen LogP contribution in [0, 0.1) is 17.0 Å². The molecule has 0 radical (unpaired) electrons. The van der Waals surface area contributed by atoms with Gasteiger partial charge in [-0.05, 0) is 25.1 Å². The van der Waals surface area contributed by atoms with Gasteiger partial charge in [-0.15, -0.1) is 0 Å². The van der Waals surface area contributed by atoms with Crippen LogP contribution in [0.25, 0.3) is 0 Å². The minimum Gasteiger partial charge on any atom is -0.492 e. The molecule has 0 aromatic heterocycles. The molecule has 7 heteroatoms. The number of carbonyl (C=O) groups is 2. The number of ether oxygens (including phenoxy) is 1. The molecule has 0 fully saturated rings.